The fraction of sp³-hybridized carbons (Fsp3) is 0.348. The van der Waals surface area contributed by atoms with E-state index in [2.05, 4.69) is 18.8 Å². The molecule has 0 bridgehead atoms. The van der Waals surface area contributed by atoms with Crippen LogP contribution in [0.2, 0.25) is 0 Å². The smallest absolute Gasteiger partial charge is 0.259 e. The predicted molar refractivity (Wildman–Crippen MR) is 110 cm³/mol. The van der Waals surface area contributed by atoms with Crippen LogP contribution < -0.4 is 5.56 Å². The Hall–Kier alpha value is -2.75. The van der Waals surface area contributed by atoms with Gasteiger partial charge in [-0.15, -0.1) is 0 Å². The topological polar surface area (TPSA) is 52.0 Å². The number of aromatic nitrogens is 2. The van der Waals surface area contributed by atoms with Gasteiger partial charge in [0.25, 0.3) is 5.56 Å². The highest BCUT2D eigenvalue weighted by Gasteiger charge is 2.17. The molecule has 1 aromatic carbocycles. The van der Waals surface area contributed by atoms with E-state index < -0.39 is 0 Å². The van der Waals surface area contributed by atoms with Crippen molar-refractivity contribution in [3.05, 3.63) is 75.5 Å². The minimum Gasteiger partial charge on any atom is -0.306 e. The predicted octanol–water partition coefficient (Wildman–Crippen LogP) is 4.55. The number of aryl methyl sites for hydroxylation is 1. The Bertz CT molecular complexity index is 1020. The van der Waals surface area contributed by atoms with Crippen LogP contribution in [0.1, 0.15) is 60.9 Å². The minimum atomic E-state index is -0.00550. The van der Waals surface area contributed by atoms with Gasteiger partial charge in [-0.25, -0.2) is 0 Å². The molecule has 0 amide bonds. The van der Waals surface area contributed by atoms with Crippen LogP contribution in [0.15, 0.2) is 47.4 Å². The lowest BCUT2D eigenvalue weighted by atomic mass is 9.95. The van der Waals surface area contributed by atoms with Gasteiger partial charge in [-0.05, 0) is 55.0 Å². The van der Waals surface area contributed by atoms with Crippen LogP contribution in [-0.4, -0.2) is 15.3 Å². The molecule has 0 aliphatic rings. The molecule has 3 aromatic rings. The number of carbonyl (C=O) groups excluding carboxylic acids is 1. The number of pyridine rings is 2. The monoisotopic (exact) mass is 362 g/mol. The molecule has 0 spiro atoms. The molecule has 2 aromatic heterocycles. The van der Waals surface area contributed by atoms with Crippen molar-refractivity contribution in [3.8, 4) is 0 Å². The fourth-order valence-corrected chi connectivity index (χ4v) is 3.66. The molecule has 0 unspecified atom stereocenters. The molecule has 0 N–H and O–H groups in total. The number of rotatable bonds is 7. The van der Waals surface area contributed by atoms with E-state index in [9.17, 15) is 9.59 Å². The normalized spacial score (nSPS) is 11.1. The Morgan fingerprint density at radius 2 is 1.81 bits per heavy atom. The molecule has 0 atom stereocenters. The summed E-state index contributed by atoms with van der Waals surface area (Å²) in [6.07, 6.45) is 5.41. The molecule has 0 aliphatic carbocycles. The summed E-state index contributed by atoms with van der Waals surface area (Å²) < 4.78 is 1.88. The molecule has 4 nitrogen and oxygen atoms in total. The van der Waals surface area contributed by atoms with E-state index in [4.69, 9.17) is 0 Å². The van der Waals surface area contributed by atoms with Crippen LogP contribution in [0.5, 0.6) is 0 Å². The number of carbonyl (C=O) groups is 1. The van der Waals surface area contributed by atoms with Crippen molar-refractivity contribution < 1.29 is 4.79 Å². The standard InChI is InChI=1S/C23H26N2O2/c1-4-8-19-21-14-17(16(3)26)11-12-20(21)23(27)25(22(19)9-5-2)15-18-10-6-7-13-24-18/h6-7,10-14H,4-5,8-9,15H2,1-3H3. The Morgan fingerprint density at radius 1 is 1.04 bits per heavy atom. The fourth-order valence-electron chi connectivity index (χ4n) is 3.66. The summed E-state index contributed by atoms with van der Waals surface area (Å²) in [5, 5.41) is 1.61. The zero-order valence-corrected chi connectivity index (χ0v) is 16.3. The van der Waals surface area contributed by atoms with Crippen LogP contribution in [0.3, 0.4) is 0 Å². The van der Waals surface area contributed by atoms with Crippen LogP contribution in [0.25, 0.3) is 10.8 Å². The molecule has 4 heteroatoms. The van der Waals surface area contributed by atoms with Crippen LogP contribution in [0.4, 0.5) is 0 Å². The highest BCUT2D eigenvalue weighted by atomic mass is 16.1. The van der Waals surface area contributed by atoms with Crippen LogP contribution in [-0.2, 0) is 19.4 Å². The minimum absolute atomic E-state index is 0.00550. The summed E-state index contributed by atoms with van der Waals surface area (Å²) in [6, 6.07) is 11.2. The number of nitrogens with zero attached hydrogens (tertiary/aromatic N) is 2. The number of hydrogen-bond donors (Lipinski definition) is 0. The third-order valence-corrected chi connectivity index (χ3v) is 4.93. The maximum Gasteiger partial charge on any atom is 0.259 e. The average molecular weight is 362 g/mol. The van der Waals surface area contributed by atoms with E-state index in [1.54, 1.807) is 25.3 Å². The van der Waals surface area contributed by atoms with Gasteiger partial charge in [0.05, 0.1) is 12.2 Å². The number of benzene rings is 1. The number of hydrogen-bond acceptors (Lipinski definition) is 3. The quantitative estimate of drug-likeness (QED) is 0.579. The summed E-state index contributed by atoms with van der Waals surface area (Å²) in [5.74, 6) is 0.0223. The van der Waals surface area contributed by atoms with Gasteiger partial charge in [-0.3, -0.25) is 14.6 Å². The van der Waals surface area contributed by atoms with E-state index in [1.807, 2.05) is 28.8 Å². The number of fused-ring (bicyclic) bond motifs is 1. The van der Waals surface area contributed by atoms with E-state index >= 15 is 0 Å². The lowest BCUT2D eigenvalue weighted by Gasteiger charge is -2.20. The SMILES string of the molecule is CCCc1c(CCC)n(Cc2ccccn2)c(=O)c2ccc(C(C)=O)cc12. The van der Waals surface area contributed by atoms with Gasteiger partial charge >= 0.3 is 0 Å². The molecule has 3 rings (SSSR count). The summed E-state index contributed by atoms with van der Waals surface area (Å²) in [6.45, 7) is 6.30. The van der Waals surface area contributed by atoms with Gasteiger partial charge in [0, 0.05) is 22.8 Å². The molecule has 140 valence electrons. The second-order valence-electron chi connectivity index (χ2n) is 6.95. The molecular formula is C23H26N2O2. The first-order chi connectivity index (χ1) is 13.1. The van der Waals surface area contributed by atoms with Crippen molar-refractivity contribution in [3.63, 3.8) is 0 Å². The van der Waals surface area contributed by atoms with Gasteiger partial charge in [-0.2, -0.15) is 0 Å². The summed E-state index contributed by atoms with van der Waals surface area (Å²) in [7, 11) is 0. The van der Waals surface area contributed by atoms with Crippen molar-refractivity contribution >= 4 is 16.6 Å². The van der Waals surface area contributed by atoms with Crippen molar-refractivity contribution in [2.75, 3.05) is 0 Å². The number of ketones is 1. The lowest BCUT2D eigenvalue weighted by Crippen LogP contribution is -2.27. The number of Topliss-reactive ketones (excluding diaryl/α,β-unsaturated/α-hetero) is 1. The first-order valence-corrected chi connectivity index (χ1v) is 9.66. The maximum absolute atomic E-state index is 13.3. The van der Waals surface area contributed by atoms with Crippen molar-refractivity contribution in [2.24, 2.45) is 0 Å². The van der Waals surface area contributed by atoms with Crippen LogP contribution in [0, 0.1) is 0 Å². The van der Waals surface area contributed by atoms with E-state index in [0.29, 0.717) is 17.5 Å². The Balaban J connectivity index is 2.32. The molecule has 2 heterocycles. The highest BCUT2D eigenvalue weighted by molar-refractivity contribution is 5.99. The lowest BCUT2D eigenvalue weighted by molar-refractivity contribution is 0.101. The summed E-state index contributed by atoms with van der Waals surface area (Å²) >= 11 is 0. The molecular weight excluding hydrogens is 336 g/mol. The van der Waals surface area contributed by atoms with Crippen molar-refractivity contribution in [1.29, 1.82) is 0 Å². The second kappa shape index (κ2) is 8.30. The summed E-state index contributed by atoms with van der Waals surface area (Å²) in [5.41, 5.74) is 3.79. The zero-order valence-electron chi connectivity index (χ0n) is 16.3. The third kappa shape index (κ3) is 3.85. The first kappa shape index (κ1) is 19.0. The molecule has 27 heavy (non-hydrogen) atoms. The zero-order chi connectivity index (χ0) is 19.4. The van der Waals surface area contributed by atoms with Crippen LogP contribution >= 0.6 is 0 Å². The largest absolute Gasteiger partial charge is 0.306 e. The van der Waals surface area contributed by atoms with Crippen molar-refractivity contribution in [1.82, 2.24) is 9.55 Å². The van der Waals surface area contributed by atoms with Gasteiger partial charge in [0.15, 0.2) is 5.78 Å². The van der Waals surface area contributed by atoms with Gasteiger partial charge in [0.1, 0.15) is 0 Å². The molecule has 0 fully saturated rings. The summed E-state index contributed by atoms with van der Waals surface area (Å²) in [4.78, 5) is 29.6. The Kier molecular flexibility index (Phi) is 5.84. The first-order valence-electron chi connectivity index (χ1n) is 9.66. The Labute approximate surface area is 159 Å². The highest BCUT2D eigenvalue weighted by Crippen LogP contribution is 2.25. The van der Waals surface area contributed by atoms with E-state index in [1.165, 1.54) is 5.56 Å². The molecule has 0 saturated carbocycles. The molecule has 0 saturated heterocycles. The van der Waals surface area contributed by atoms with E-state index in [0.717, 1.165) is 42.5 Å². The van der Waals surface area contributed by atoms with Gasteiger partial charge < -0.3 is 4.57 Å². The van der Waals surface area contributed by atoms with E-state index in [-0.39, 0.29) is 11.3 Å². The molecule has 0 radical (unpaired) electrons. The average Bonchev–Trinajstić information content (AvgIpc) is 2.68. The second-order valence-corrected chi connectivity index (χ2v) is 6.95. The van der Waals surface area contributed by atoms with Crippen molar-refractivity contribution in [2.45, 2.75) is 53.0 Å². The molecule has 0 aliphatic heterocycles. The third-order valence-electron chi connectivity index (χ3n) is 4.93. The Morgan fingerprint density at radius 3 is 2.44 bits per heavy atom. The van der Waals surface area contributed by atoms with Gasteiger partial charge in [-0.1, -0.05) is 38.8 Å². The van der Waals surface area contributed by atoms with Gasteiger partial charge in [0.2, 0.25) is 0 Å². The maximum atomic E-state index is 13.3.